The average Bonchev–Trinajstić information content (AvgIpc) is 2.55. The lowest BCUT2D eigenvalue weighted by Gasteiger charge is -2.44. The van der Waals surface area contributed by atoms with Crippen molar-refractivity contribution in [2.45, 2.75) is 25.4 Å². The lowest BCUT2D eigenvalue weighted by molar-refractivity contribution is -0.340. The highest BCUT2D eigenvalue weighted by molar-refractivity contribution is 5.66. The second kappa shape index (κ2) is 3.96. The molecule has 1 spiro atoms. The van der Waals surface area contributed by atoms with Crippen molar-refractivity contribution in [2.75, 3.05) is 6.54 Å². The number of carbonyl (C=O) groups excluding carboxylic acids is 1. The van der Waals surface area contributed by atoms with Gasteiger partial charge in [0, 0.05) is 13.1 Å². The molecule has 0 aromatic heterocycles. The third-order valence-electron chi connectivity index (χ3n) is 3.66. The lowest BCUT2D eigenvalue weighted by atomic mass is 10.0. The first-order chi connectivity index (χ1) is 8.62. The summed E-state index contributed by atoms with van der Waals surface area (Å²) >= 11 is 0. The number of likely N-dealkylation sites (tertiary alicyclic amines) is 1. The molecular formula is C13H16N2O3. The Morgan fingerprint density at radius 3 is 2.67 bits per heavy atom. The Labute approximate surface area is 105 Å². The highest BCUT2D eigenvalue weighted by atomic mass is 16.9. The molecule has 96 valence electrons. The summed E-state index contributed by atoms with van der Waals surface area (Å²) in [6.45, 7) is 3.45. The molecule has 2 aliphatic rings. The lowest BCUT2D eigenvalue weighted by Crippen LogP contribution is -2.66. The fourth-order valence-corrected chi connectivity index (χ4v) is 2.65. The minimum Gasteiger partial charge on any atom is -0.374 e. The monoisotopic (exact) mass is 248 g/mol. The molecule has 5 nitrogen and oxygen atoms in total. The number of benzene rings is 1. The predicted octanol–water partition coefficient (Wildman–Crippen LogP) is 1.29. The largest absolute Gasteiger partial charge is 0.517 e. The van der Waals surface area contributed by atoms with Crippen molar-refractivity contribution < 1.29 is 14.3 Å². The molecule has 2 fully saturated rings. The van der Waals surface area contributed by atoms with Crippen LogP contribution in [0.3, 0.4) is 0 Å². The molecule has 0 amide bonds. The maximum absolute atomic E-state index is 11.0. The number of rotatable bonds is 2. The van der Waals surface area contributed by atoms with E-state index in [4.69, 9.17) is 15.2 Å². The van der Waals surface area contributed by atoms with Gasteiger partial charge in [0.05, 0.1) is 0 Å². The van der Waals surface area contributed by atoms with Gasteiger partial charge in [-0.1, -0.05) is 37.3 Å². The number of hydrogen-bond donors (Lipinski definition) is 1. The van der Waals surface area contributed by atoms with Gasteiger partial charge in [-0.2, -0.15) is 0 Å². The van der Waals surface area contributed by atoms with E-state index in [0.29, 0.717) is 6.54 Å². The third-order valence-corrected chi connectivity index (χ3v) is 3.66. The molecule has 2 aliphatic heterocycles. The van der Waals surface area contributed by atoms with Crippen LogP contribution in [0, 0.1) is 5.92 Å². The van der Waals surface area contributed by atoms with Gasteiger partial charge in [0.1, 0.15) is 6.04 Å². The maximum Gasteiger partial charge on any atom is 0.517 e. The number of nitrogens with two attached hydrogens (primary N) is 1. The minimum atomic E-state index is -1.05. The van der Waals surface area contributed by atoms with Crippen LogP contribution in [0.1, 0.15) is 12.5 Å². The van der Waals surface area contributed by atoms with Gasteiger partial charge in [0.2, 0.25) is 0 Å². The summed E-state index contributed by atoms with van der Waals surface area (Å²) in [7, 11) is 0. The van der Waals surface area contributed by atoms with E-state index in [-0.39, 0.29) is 12.0 Å². The number of nitrogens with zero attached hydrogens (tertiary/aromatic N) is 1. The van der Waals surface area contributed by atoms with Crippen molar-refractivity contribution in [2.24, 2.45) is 11.7 Å². The van der Waals surface area contributed by atoms with Crippen LogP contribution in [0.2, 0.25) is 0 Å². The van der Waals surface area contributed by atoms with E-state index in [1.807, 2.05) is 42.2 Å². The van der Waals surface area contributed by atoms with Crippen LogP contribution in [0.4, 0.5) is 4.79 Å². The van der Waals surface area contributed by atoms with E-state index in [2.05, 4.69) is 0 Å². The van der Waals surface area contributed by atoms with Gasteiger partial charge in [0.15, 0.2) is 0 Å². The summed E-state index contributed by atoms with van der Waals surface area (Å²) in [4.78, 5) is 13.0. The summed E-state index contributed by atoms with van der Waals surface area (Å²) in [5, 5.41) is 0. The third kappa shape index (κ3) is 1.59. The van der Waals surface area contributed by atoms with Gasteiger partial charge in [-0.3, -0.25) is 0 Å². The first kappa shape index (κ1) is 11.5. The van der Waals surface area contributed by atoms with Crippen LogP contribution < -0.4 is 5.73 Å². The summed E-state index contributed by atoms with van der Waals surface area (Å²) in [5.74, 6) is -0.825. The molecule has 18 heavy (non-hydrogen) atoms. The van der Waals surface area contributed by atoms with Crippen LogP contribution in [-0.4, -0.2) is 29.6 Å². The number of hydrogen-bond acceptors (Lipinski definition) is 5. The SMILES string of the molecule is CC1CN(Cc2ccccc2)C2(OC(=O)O2)C1N. The molecular weight excluding hydrogens is 232 g/mol. The van der Waals surface area contributed by atoms with Crippen molar-refractivity contribution in [3.63, 3.8) is 0 Å². The van der Waals surface area contributed by atoms with Gasteiger partial charge < -0.3 is 15.2 Å². The summed E-state index contributed by atoms with van der Waals surface area (Å²) in [5.41, 5.74) is 7.22. The Morgan fingerprint density at radius 1 is 1.39 bits per heavy atom. The van der Waals surface area contributed by atoms with E-state index < -0.39 is 12.1 Å². The standard InChI is InChI=1S/C13H16N2O3/c1-9-7-15(8-10-5-3-2-4-6-10)13(11(9)14)17-12(16)18-13/h2-6,9,11H,7-8,14H2,1H3. The second-order valence-corrected chi connectivity index (χ2v) is 4.95. The van der Waals surface area contributed by atoms with Gasteiger partial charge >= 0.3 is 12.1 Å². The molecule has 2 saturated heterocycles. The quantitative estimate of drug-likeness (QED) is 0.799. The highest BCUT2D eigenvalue weighted by Gasteiger charge is 2.63. The Morgan fingerprint density at radius 2 is 2.06 bits per heavy atom. The van der Waals surface area contributed by atoms with Crippen molar-refractivity contribution >= 4 is 6.16 Å². The van der Waals surface area contributed by atoms with Crippen molar-refractivity contribution in [3.05, 3.63) is 35.9 Å². The smallest absolute Gasteiger partial charge is 0.374 e. The zero-order valence-corrected chi connectivity index (χ0v) is 10.2. The maximum atomic E-state index is 11.0. The van der Waals surface area contributed by atoms with Gasteiger partial charge in [-0.05, 0) is 11.5 Å². The summed E-state index contributed by atoms with van der Waals surface area (Å²) in [6.07, 6.45) is -0.641. The van der Waals surface area contributed by atoms with Crippen molar-refractivity contribution in [3.8, 4) is 0 Å². The second-order valence-electron chi connectivity index (χ2n) is 4.95. The molecule has 1 aromatic rings. The zero-order chi connectivity index (χ0) is 12.8. The predicted molar refractivity (Wildman–Crippen MR) is 64.3 cm³/mol. The molecule has 2 unspecified atom stereocenters. The number of ether oxygens (including phenoxy) is 2. The van der Waals surface area contributed by atoms with Crippen LogP contribution >= 0.6 is 0 Å². The van der Waals surface area contributed by atoms with Gasteiger partial charge in [-0.25, -0.2) is 9.69 Å². The fourth-order valence-electron chi connectivity index (χ4n) is 2.65. The van der Waals surface area contributed by atoms with Gasteiger partial charge in [0.25, 0.3) is 0 Å². The number of carbonyl (C=O) groups is 1. The van der Waals surface area contributed by atoms with E-state index in [0.717, 1.165) is 12.1 Å². The normalized spacial score (nSPS) is 29.8. The van der Waals surface area contributed by atoms with E-state index >= 15 is 0 Å². The Bertz CT molecular complexity index is 455. The molecule has 3 rings (SSSR count). The molecule has 0 bridgehead atoms. The van der Waals surface area contributed by atoms with Crippen LogP contribution in [-0.2, 0) is 16.0 Å². The molecule has 2 heterocycles. The minimum absolute atomic E-state index is 0.224. The highest BCUT2D eigenvalue weighted by Crippen LogP contribution is 2.41. The van der Waals surface area contributed by atoms with Crippen molar-refractivity contribution in [1.29, 1.82) is 0 Å². The van der Waals surface area contributed by atoms with Crippen LogP contribution in [0.15, 0.2) is 30.3 Å². The van der Waals surface area contributed by atoms with E-state index in [1.54, 1.807) is 0 Å². The molecule has 1 aromatic carbocycles. The summed E-state index contributed by atoms with van der Waals surface area (Å²) in [6, 6.07) is 9.69. The molecule has 5 heteroatoms. The summed E-state index contributed by atoms with van der Waals surface area (Å²) < 4.78 is 10.4. The van der Waals surface area contributed by atoms with Crippen LogP contribution in [0.5, 0.6) is 0 Å². The first-order valence-corrected chi connectivity index (χ1v) is 6.08. The topological polar surface area (TPSA) is 64.8 Å². The molecule has 0 aliphatic carbocycles. The van der Waals surface area contributed by atoms with E-state index in [1.165, 1.54) is 0 Å². The van der Waals surface area contributed by atoms with E-state index in [9.17, 15) is 4.79 Å². The Balaban J connectivity index is 1.81. The molecule has 2 N–H and O–H groups in total. The molecule has 2 atom stereocenters. The zero-order valence-electron chi connectivity index (χ0n) is 10.2. The van der Waals surface area contributed by atoms with Gasteiger partial charge in [-0.15, -0.1) is 0 Å². The molecule has 0 radical (unpaired) electrons. The van der Waals surface area contributed by atoms with Crippen LogP contribution in [0.25, 0.3) is 0 Å². The first-order valence-electron chi connectivity index (χ1n) is 6.08. The van der Waals surface area contributed by atoms with Crippen molar-refractivity contribution in [1.82, 2.24) is 4.90 Å². The Hall–Kier alpha value is -1.59. The average molecular weight is 248 g/mol. The fraction of sp³-hybridized carbons (Fsp3) is 0.462. The molecule has 0 saturated carbocycles. The Kier molecular flexibility index (Phi) is 2.53.